The molecular formula is C13H18N6O. The van der Waals surface area contributed by atoms with Crippen molar-refractivity contribution in [1.82, 2.24) is 20.2 Å². The summed E-state index contributed by atoms with van der Waals surface area (Å²) < 4.78 is 1.54. The first-order chi connectivity index (χ1) is 9.44. The molecule has 0 saturated carbocycles. The van der Waals surface area contributed by atoms with Gasteiger partial charge in [-0.3, -0.25) is 4.79 Å². The number of hydrogen-bond donors (Lipinski definition) is 2. The van der Waals surface area contributed by atoms with Crippen LogP contribution in [0.15, 0.2) is 30.6 Å². The van der Waals surface area contributed by atoms with Gasteiger partial charge in [0.2, 0.25) is 5.91 Å². The van der Waals surface area contributed by atoms with Gasteiger partial charge in [0.05, 0.1) is 5.69 Å². The Morgan fingerprint density at radius 1 is 1.35 bits per heavy atom. The summed E-state index contributed by atoms with van der Waals surface area (Å²) in [5.41, 5.74) is 7.08. The summed E-state index contributed by atoms with van der Waals surface area (Å²) in [5.74, 6) is -0.0429. The second-order valence-electron chi connectivity index (χ2n) is 5.34. The van der Waals surface area contributed by atoms with Crippen LogP contribution in [-0.2, 0) is 4.79 Å². The summed E-state index contributed by atoms with van der Waals surface area (Å²) in [5, 5.41) is 13.8. The van der Waals surface area contributed by atoms with E-state index in [4.69, 9.17) is 5.73 Å². The fraction of sp³-hybridized carbons (Fsp3) is 0.385. The maximum Gasteiger partial charge on any atom is 0.224 e. The van der Waals surface area contributed by atoms with E-state index in [-0.39, 0.29) is 11.4 Å². The Labute approximate surface area is 117 Å². The van der Waals surface area contributed by atoms with Crippen molar-refractivity contribution in [2.24, 2.45) is 5.73 Å². The Bertz CT molecular complexity index is 556. The number of amides is 1. The molecule has 0 radical (unpaired) electrons. The van der Waals surface area contributed by atoms with E-state index in [1.165, 1.54) is 6.33 Å². The first kappa shape index (κ1) is 14.1. The lowest BCUT2D eigenvalue weighted by molar-refractivity contribution is -0.116. The predicted octanol–water partition coefficient (Wildman–Crippen LogP) is 1.12. The van der Waals surface area contributed by atoms with Gasteiger partial charge in [-0.15, -0.1) is 5.10 Å². The molecule has 106 valence electrons. The molecule has 0 atom stereocenters. The lowest BCUT2D eigenvalue weighted by Gasteiger charge is -2.17. The summed E-state index contributed by atoms with van der Waals surface area (Å²) in [6.45, 7) is 3.81. The van der Waals surface area contributed by atoms with Gasteiger partial charge in [-0.25, -0.2) is 4.68 Å². The Morgan fingerprint density at radius 2 is 2.05 bits per heavy atom. The number of hydrogen-bond acceptors (Lipinski definition) is 5. The molecule has 0 saturated heterocycles. The third-order valence-corrected chi connectivity index (χ3v) is 2.76. The zero-order valence-corrected chi connectivity index (χ0v) is 11.6. The average molecular weight is 274 g/mol. The van der Waals surface area contributed by atoms with Gasteiger partial charge in [-0.2, -0.15) is 0 Å². The molecule has 7 nitrogen and oxygen atoms in total. The highest BCUT2D eigenvalue weighted by molar-refractivity contribution is 5.90. The third-order valence-electron chi connectivity index (χ3n) is 2.76. The molecule has 0 fully saturated rings. The van der Waals surface area contributed by atoms with E-state index in [2.05, 4.69) is 20.8 Å². The number of carbonyl (C=O) groups is 1. The number of rotatable bonds is 5. The summed E-state index contributed by atoms with van der Waals surface area (Å²) >= 11 is 0. The normalized spacial score (nSPS) is 11.3. The van der Waals surface area contributed by atoms with Crippen LogP contribution in [0.1, 0.15) is 26.7 Å². The van der Waals surface area contributed by atoms with Crippen molar-refractivity contribution in [3.8, 4) is 5.69 Å². The topological polar surface area (TPSA) is 98.7 Å². The largest absolute Gasteiger partial charge is 0.326 e. The van der Waals surface area contributed by atoms with E-state index in [1.807, 2.05) is 38.1 Å². The molecule has 3 N–H and O–H groups in total. The lowest BCUT2D eigenvalue weighted by atomic mass is 10.00. The Morgan fingerprint density at radius 3 is 2.60 bits per heavy atom. The average Bonchev–Trinajstić information content (AvgIpc) is 2.90. The number of nitrogens with two attached hydrogens (primary N) is 1. The van der Waals surface area contributed by atoms with E-state index in [1.54, 1.807) is 4.68 Å². The van der Waals surface area contributed by atoms with Crippen molar-refractivity contribution >= 4 is 11.6 Å². The Hall–Kier alpha value is -2.28. The van der Waals surface area contributed by atoms with Crippen molar-refractivity contribution < 1.29 is 4.79 Å². The summed E-state index contributed by atoms with van der Waals surface area (Å²) in [6.07, 6.45) is 2.55. The Kier molecular flexibility index (Phi) is 4.09. The van der Waals surface area contributed by atoms with Crippen LogP contribution in [0.25, 0.3) is 5.69 Å². The molecule has 1 aromatic heterocycles. The van der Waals surface area contributed by atoms with Gasteiger partial charge in [0, 0.05) is 17.6 Å². The fourth-order valence-electron chi connectivity index (χ4n) is 1.64. The van der Waals surface area contributed by atoms with Gasteiger partial charge in [0.1, 0.15) is 6.33 Å². The monoisotopic (exact) mass is 274 g/mol. The quantitative estimate of drug-likeness (QED) is 0.851. The number of nitrogens with one attached hydrogen (secondary N) is 1. The zero-order valence-electron chi connectivity index (χ0n) is 11.6. The van der Waals surface area contributed by atoms with Crippen LogP contribution in [0.3, 0.4) is 0 Å². The minimum absolute atomic E-state index is 0.0429. The van der Waals surface area contributed by atoms with E-state index in [0.29, 0.717) is 12.8 Å². The third kappa shape index (κ3) is 4.13. The highest BCUT2D eigenvalue weighted by Crippen LogP contribution is 2.13. The van der Waals surface area contributed by atoms with Gasteiger partial charge < -0.3 is 11.1 Å². The lowest BCUT2D eigenvalue weighted by Crippen LogP contribution is -2.33. The zero-order chi connectivity index (χ0) is 14.6. The van der Waals surface area contributed by atoms with Crippen molar-refractivity contribution in [2.45, 2.75) is 32.2 Å². The van der Waals surface area contributed by atoms with E-state index >= 15 is 0 Å². The summed E-state index contributed by atoms with van der Waals surface area (Å²) in [6, 6.07) is 7.28. The molecule has 0 unspecified atom stereocenters. The highest BCUT2D eigenvalue weighted by Gasteiger charge is 2.13. The molecule has 0 bridgehead atoms. The van der Waals surface area contributed by atoms with E-state index < -0.39 is 0 Å². The number of anilines is 1. The van der Waals surface area contributed by atoms with Gasteiger partial charge >= 0.3 is 0 Å². The maximum absolute atomic E-state index is 11.8. The van der Waals surface area contributed by atoms with Crippen molar-refractivity contribution in [3.05, 3.63) is 30.6 Å². The number of benzene rings is 1. The van der Waals surface area contributed by atoms with Gasteiger partial charge in [0.25, 0.3) is 0 Å². The SMILES string of the molecule is CC(C)(N)CCC(=O)Nc1ccc(-n2cnnn2)cc1. The van der Waals surface area contributed by atoms with Crippen molar-refractivity contribution in [1.29, 1.82) is 0 Å². The predicted molar refractivity (Wildman–Crippen MR) is 75.3 cm³/mol. The number of carbonyl (C=O) groups excluding carboxylic acids is 1. The molecule has 0 aliphatic heterocycles. The van der Waals surface area contributed by atoms with Gasteiger partial charge in [-0.1, -0.05) is 0 Å². The molecule has 2 aromatic rings. The van der Waals surface area contributed by atoms with Crippen LogP contribution in [0.2, 0.25) is 0 Å². The van der Waals surface area contributed by atoms with Crippen LogP contribution >= 0.6 is 0 Å². The molecule has 7 heteroatoms. The molecule has 0 aliphatic carbocycles. The minimum atomic E-state index is -0.332. The fourth-order valence-corrected chi connectivity index (χ4v) is 1.64. The Balaban J connectivity index is 1.92. The number of tetrazole rings is 1. The second-order valence-corrected chi connectivity index (χ2v) is 5.34. The second kappa shape index (κ2) is 5.79. The molecule has 1 aromatic carbocycles. The molecular weight excluding hydrogens is 256 g/mol. The standard InChI is InChI=1S/C13H18N6O/c1-13(2,14)8-7-12(20)16-10-3-5-11(6-4-10)19-9-15-17-18-19/h3-6,9H,7-8,14H2,1-2H3,(H,16,20). The molecule has 20 heavy (non-hydrogen) atoms. The van der Waals surface area contributed by atoms with Gasteiger partial charge in [0.15, 0.2) is 0 Å². The van der Waals surface area contributed by atoms with E-state index in [0.717, 1.165) is 11.4 Å². The molecule has 0 spiro atoms. The minimum Gasteiger partial charge on any atom is -0.326 e. The molecule has 0 aliphatic rings. The van der Waals surface area contributed by atoms with Crippen molar-refractivity contribution in [2.75, 3.05) is 5.32 Å². The van der Waals surface area contributed by atoms with Crippen LogP contribution in [-0.4, -0.2) is 31.7 Å². The number of nitrogens with zero attached hydrogens (tertiary/aromatic N) is 4. The van der Waals surface area contributed by atoms with Crippen LogP contribution < -0.4 is 11.1 Å². The van der Waals surface area contributed by atoms with Crippen LogP contribution in [0.5, 0.6) is 0 Å². The molecule has 1 heterocycles. The number of aromatic nitrogens is 4. The molecule has 1 amide bonds. The smallest absolute Gasteiger partial charge is 0.224 e. The summed E-state index contributed by atoms with van der Waals surface area (Å²) in [7, 11) is 0. The summed E-state index contributed by atoms with van der Waals surface area (Å²) in [4.78, 5) is 11.8. The first-order valence-corrected chi connectivity index (χ1v) is 6.36. The first-order valence-electron chi connectivity index (χ1n) is 6.36. The van der Waals surface area contributed by atoms with Crippen molar-refractivity contribution in [3.63, 3.8) is 0 Å². The van der Waals surface area contributed by atoms with Gasteiger partial charge in [-0.05, 0) is 55.0 Å². The highest BCUT2D eigenvalue weighted by atomic mass is 16.1. The maximum atomic E-state index is 11.8. The van der Waals surface area contributed by atoms with Crippen LogP contribution in [0, 0.1) is 0 Å². The molecule has 2 rings (SSSR count). The van der Waals surface area contributed by atoms with Crippen LogP contribution in [0.4, 0.5) is 5.69 Å². The van der Waals surface area contributed by atoms with E-state index in [9.17, 15) is 4.79 Å².